The summed E-state index contributed by atoms with van der Waals surface area (Å²) in [7, 11) is 0. The highest BCUT2D eigenvalue weighted by molar-refractivity contribution is 6.07. The number of Topliss-reactive ketones (excluding diaryl/α,β-unsaturated/α-hetero) is 1. The summed E-state index contributed by atoms with van der Waals surface area (Å²) in [6, 6.07) is 7.40. The van der Waals surface area contributed by atoms with E-state index >= 15 is 0 Å². The predicted molar refractivity (Wildman–Crippen MR) is 93.8 cm³/mol. The van der Waals surface area contributed by atoms with Crippen molar-refractivity contribution in [2.75, 3.05) is 5.32 Å². The Hall–Kier alpha value is -3.22. The van der Waals surface area contributed by atoms with Crippen molar-refractivity contribution >= 4 is 17.5 Å². The Morgan fingerprint density at radius 1 is 1.24 bits per heavy atom. The lowest BCUT2D eigenvalue weighted by molar-refractivity contribution is 0.101. The van der Waals surface area contributed by atoms with E-state index in [1.54, 1.807) is 37.0 Å². The molecule has 3 aromatic rings. The first-order valence-electron chi connectivity index (χ1n) is 7.90. The molecule has 0 saturated carbocycles. The largest absolute Gasteiger partial charge is 0.354 e. The average molecular weight is 337 g/mol. The molecule has 0 radical (unpaired) electrons. The first-order valence-corrected chi connectivity index (χ1v) is 7.90. The summed E-state index contributed by atoms with van der Waals surface area (Å²) in [5.74, 6) is 0.0538. The van der Waals surface area contributed by atoms with E-state index in [0.717, 1.165) is 5.69 Å². The van der Waals surface area contributed by atoms with Gasteiger partial charge in [0, 0.05) is 29.7 Å². The molecule has 128 valence electrons. The van der Waals surface area contributed by atoms with Gasteiger partial charge in [-0.2, -0.15) is 5.10 Å². The maximum Gasteiger partial charge on any atom is 0.273 e. The number of carbonyl (C=O) groups excluding carboxylic acids is 2. The van der Waals surface area contributed by atoms with Gasteiger partial charge in [0.15, 0.2) is 11.6 Å². The fourth-order valence-corrected chi connectivity index (χ4v) is 2.86. The molecule has 0 fully saturated rings. The zero-order valence-electron chi connectivity index (χ0n) is 14.3. The van der Waals surface area contributed by atoms with Crippen LogP contribution in [0.25, 0.3) is 0 Å². The Morgan fingerprint density at radius 3 is 2.68 bits per heavy atom. The highest BCUT2D eigenvalue weighted by Gasteiger charge is 2.20. The van der Waals surface area contributed by atoms with Crippen LogP contribution in [0.5, 0.6) is 0 Å². The van der Waals surface area contributed by atoms with Crippen molar-refractivity contribution in [3.8, 4) is 0 Å². The maximum atomic E-state index is 12.5. The van der Waals surface area contributed by atoms with E-state index in [2.05, 4.69) is 20.4 Å². The summed E-state index contributed by atoms with van der Waals surface area (Å²) in [6.45, 7) is 5.55. The molecule has 0 bridgehead atoms. The Morgan fingerprint density at radius 2 is 2.04 bits per heavy atom. The van der Waals surface area contributed by atoms with E-state index in [1.807, 2.05) is 18.2 Å². The number of carbonyl (C=O) groups is 2. The van der Waals surface area contributed by atoms with Gasteiger partial charge in [-0.1, -0.05) is 6.07 Å². The van der Waals surface area contributed by atoms with Crippen molar-refractivity contribution in [2.45, 2.75) is 27.3 Å². The quantitative estimate of drug-likeness (QED) is 0.700. The number of anilines is 1. The molecule has 0 aliphatic heterocycles. The van der Waals surface area contributed by atoms with Crippen LogP contribution < -0.4 is 5.32 Å². The summed E-state index contributed by atoms with van der Waals surface area (Å²) < 4.78 is 1.70. The van der Waals surface area contributed by atoms with Crippen molar-refractivity contribution in [1.29, 1.82) is 0 Å². The number of hydrogen-bond acceptors (Lipinski definition) is 4. The summed E-state index contributed by atoms with van der Waals surface area (Å²) in [5, 5.41) is 7.08. The molecule has 0 unspecified atom stereocenters. The predicted octanol–water partition coefficient (Wildman–Crippen LogP) is 2.73. The second-order valence-electron chi connectivity index (χ2n) is 5.85. The smallest absolute Gasteiger partial charge is 0.273 e. The maximum absolute atomic E-state index is 12.5. The van der Waals surface area contributed by atoms with Crippen LogP contribution in [0.4, 0.5) is 5.82 Å². The number of pyridine rings is 1. The van der Waals surface area contributed by atoms with Gasteiger partial charge in [0.1, 0.15) is 5.69 Å². The number of nitrogens with zero attached hydrogens (tertiary/aromatic N) is 3. The molecule has 0 aliphatic carbocycles. The molecule has 7 heteroatoms. The third kappa shape index (κ3) is 3.50. The fraction of sp³-hybridized carbons (Fsp3) is 0.222. The van der Waals surface area contributed by atoms with Crippen molar-refractivity contribution < 1.29 is 9.59 Å². The van der Waals surface area contributed by atoms with Crippen molar-refractivity contribution in [3.05, 3.63) is 64.9 Å². The van der Waals surface area contributed by atoms with Gasteiger partial charge < -0.3 is 10.3 Å². The molecule has 3 rings (SSSR count). The van der Waals surface area contributed by atoms with Gasteiger partial charge in [-0.05, 0) is 38.5 Å². The number of nitrogens with one attached hydrogen (secondary N) is 2. The molecular formula is C18H19N5O2. The topological polar surface area (TPSA) is 92.7 Å². The molecule has 1 amide bonds. The van der Waals surface area contributed by atoms with Crippen LogP contribution in [0.15, 0.2) is 36.7 Å². The van der Waals surface area contributed by atoms with Gasteiger partial charge in [0.25, 0.3) is 5.91 Å². The zero-order valence-corrected chi connectivity index (χ0v) is 14.3. The van der Waals surface area contributed by atoms with Crippen molar-refractivity contribution in [1.82, 2.24) is 19.7 Å². The molecule has 0 aliphatic rings. The normalized spacial score (nSPS) is 10.7. The monoisotopic (exact) mass is 337 g/mol. The van der Waals surface area contributed by atoms with Gasteiger partial charge in [-0.15, -0.1) is 0 Å². The van der Waals surface area contributed by atoms with Crippen LogP contribution in [0, 0.1) is 13.8 Å². The minimum atomic E-state index is -0.323. The Balaban J connectivity index is 1.74. The van der Waals surface area contributed by atoms with E-state index in [4.69, 9.17) is 0 Å². The molecular weight excluding hydrogens is 318 g/mol. The van der Waals surface area contributed by atoms with Crippen LogP contribution in [0.1, 0.15) is 44.7 Å². The SMILES string of the molecule is CC(=O)c1c(C)[nH]c(C(=O)Nc2ccn(Cc3ccccn3)n2)c1C. The van der Waals surface area contributed by atoms with Gasteiger partial charge >= 0.3 is 0 Å². The summed E-state index contributed by atoms with van der Waals surface area (Å²) >= 11 is 0. The van der Waals surface area contributed by atoms with Crippen LogP contribution in [-0.2, 0) is 6.54 Å². The average Bonchev–Trinajstić information content (AvgIpc) is 3.12. The molecule has 3 aromatic heterocycles. The lowest BCUT2D eigenvalue weighted by atomic mass is 10.1. The number of aryl methyl sites for hydroxylation is 1. The molecule has 0 atom stereocenters. The number of amides is 1. The Bertz CT molecular complexity index is 924. The van der Waals surface area contributed by atoms with E-state index in [-0.39, 0.29) is 11.7 Å². The van der Waals surface area contributed by atoms with Gasteiger partial charge in [-0.25, -0.2) is 0 Å². The molecule has 0 saturated heterocycles. The van der Waals surface area contributed by atoms with Crippen LogP contribution >= 0.6 is 0 Å². The molecule has 0 aromatic carbocycles. The Labute approximate surface area is 145 Å². The number of H-pyrrole nitrogens is 1. The van der Waals surface area contributed by atoms with E-state index in [9.17, 15) is 9.59 Å². The fourth-order valence-electron chi connectivity index (χ4n) is 2.86. The minimum Gasteiger partial charge on any atom is -0.354 e. The van der Waals surface area contributed by atoms with Crippen molar-refractivity contribution in [2.24, 2.45) is 0 Å². The number of hydrogen-bond donors (Lipinski definition) is 2. The number of aromatic nitrogens is 4. The number of ketones is 1. The molecule has 2 N–H and O–H groups in total. The third-order valence-electron chi connectivity index (χ3n) is 3.95. The summed E-state index contributed by atoms with van der Waals surface area (Å²) in [6.07, 6.45) is 3.50. The highest BCUT2D eigenvalue weighted by Crippen LogP contribution is 2.19. The van der Waals surface area contributed by atoms with Crippen LogP contribution in [0.2, 0.25) is 0 Å². The summed E-state index contributed by atoms with van der Waals surface area (Å²) in [4.78, 5) is 31.4. The molecule has 3 heterocycles. The van der Waals surface area contributed by atoms with Crippen LogP contribution in [0.3, 0.4) is 0 Å². The van der Waals surface area contributed by atoms with E-state index in [0.29, 0.717) is 34.9 Å². The molecule has 7 nitrogen and oxygen atoms in total. The van der Waals surface area contributed by atoms with E-state index < -0.39 is 0 Å². The minimum absolute atomic E-state index is 0.0649. The van der Waals surface area contributed by atoms with Crippen molar-refractivity contribution in [3.63, 3.8) is 0 Å². The first kappa shape index (κ1) is 16.6. The van der Waals surface area contributed by atoms with Crippen LogP contribution in [-0.4, -0.2) is 31.4 Å². The number of rotatable bonds is 5. The second kappa shape index (κ2) is 6.72. The lowest BCUT2D eigenvalue weighted by Crippen LogP contribution is -2.14. The standard InChI is InChI=1S/C18H19N5O2/c1-11-16(13(3)24)12(2)20-17(11)18(25)21-15-7-9-23(22-15)10-14-6-4-5-8-19-14/h4-9,20H,10H2,1-3H3,(H,21,22,25). The summed E-state index contributed by atoms with van der Waals surface area (Å²) in [5.41, 5.74) is 3.16. The molecule has 25 heavy (non-hydrogen) atoms. The first-order chi connectivity index (χ1) is 12.0. The second-order valence-corrected chi connectivity index (χ2v) is 5.85. The highest BCUT2D eigenvalue weighted by atomic mass is 16.2. The number of aromatic amines is 1. The molecule has 0 spiro atoms. The van der Waals surface area contributed by atoms with E-state index in [1.165, 1.54) is 6.92 Å². The third-order valence-corrected chi connectivity index (χ3v) is 3.95. The zero-order chi connectivity index (χ0) is 18.0. The van der Waals surface area contributed by atoms with Gasteiger partial charge in [0.05, 0.1) is 12.2 Å². The van der Waals surface area contributed by atoms with Gasteiger partial charge in [-0.3, -0.25) is 19.3 Å². The lowest BCUT2D eigenvalue weighted by Gasteiger charge is -2.03. The Kier molecular flexibility index (Phi) is 4.47. The van der Waals surface area contributed by atoms with Gasteiger partial charge in [0.2, 0.25) is 0 Å².